The molecule has 17 nitrogen and oxygen atoms in total. The zero-order chi connectivity index (χ0) is 47.8. The van der Waals surface area contributed by atoms with Crippen LogP contribution in [-0.2, 0) is 57.0 Å². The predicted molar refractivity (Wildman–Crippen MR) is 233 cm³/mol. The number of aliphatic hydroxyl groups is 4. The molecule has 17 heteroatoms. The number of cyclic esters (lactones) is 1. The van der Waals surface area contributed by atoms with Gasteiger partial charge in [0.25, 0.3) is 0 Å². The van der Waals surface area contributed by atoms with E-state index in [1.165, 1.54) is 20.3 Å². The summed E-state index contributed by atoms with van der Waals surface area (Å²) in [7, 11) is 6.53. The van der Waals surface area contributed by atoms with E-state index < -0.39 is 128 Å². The molecule has 368 valence electrons. The molecule has 4 aliphatic heterocycles. The lowest BCUT2D eigenvalue weighted by Crippen LogP contribution is -2.65. The van der Waals surface area contributed by atoms with Crippen LogP contribution in [0.3, 0.4) is 0 Å². The van der Waals surface area contributed by atoms with E-state index in [1.54, 1.807) is 59.7 Å². The number of ketones is 1. The summed E-state index contributed by atoms with van der Waals surface area (Å²) in [5.74, 6) is -3.62. The number of aldehydes is 1. The van der Waals surface area contributed by atoms with E-state index in [-0.39, 0.29) is 43.7 Å². The van der Waals surface area contributed by atoms with Gasteiger partial charge in [0.05, 0.1) is 55.2 Å². The average molecular weight is 914 g/mol. The summed E-state index contributed by atoms with van der Waals surface area (Å²) in [6, 6.07) is -0.686. The van der Waals surface area contributed by atoms with Crippen molar-refractivity contribution >= 4 is 18.0 Å². The molecule has 4 N–H and O–H groups in total. The Morgan fingerprint density at radius 3 is 2.11 bits per heavy atom. The standard InChI is InChI=1S/C47H79NO16/c1-14-35-32(23-58-46-44(57-13)43(56-12)39(53)29(7)60-46)19-24(2)15-16-33(50)25(3)20-31(17-18-49)41(26(4)34(51)21-36(52)62-35)64-45-40(54)38(48(10)11)42(30(8)61-45)63-37-22-47(9,55)27(5)28(6)59-37/h15-16,18-19,25-32,34-35,37-46,51,53-55H,14,17,20-23H2,1-13H3/b16-15+,24-19+/t25-,26?,27+,28?,29?,30?,31+,32-,34-,35?,37+,38?,39+,40?,41-,42+,43+,44?,45+,46-,47?/m1/s1. The number of hydrogen-bond donors (Lipinski definition) is 4. The molecule has 3 saturated heterocycles. The molecule has 4 aliphatic rings. The van der Waals surface area contributed by atoms with Crippen molar-refractivity contribution in [3.8, 4) is 0 Å². The number of aliphatic hydroxyl groups excluding tert-OH is 3. The summed E-state index contributed by atoms with van der Waals surface area (Å²) < 4.78 is 55.2. The highest BCUT2D eigenvalue weighted by Gasteiger charge is 2.51. The molecular formula is C47H79NO16. The van der Waals surface area contributed by atoms with Crippen LogP contribution in [0.4, 0.5) is 0 Å². The lowest BCUT2D eigenvalue weighted by molar-refractivity contribution is -0.338. The van der Waals surface area contributed by atoms with Gasteiger partial charge in [-0.25, -0.2) is 0 Å². The maximum atomic E-state index is 13.8. The monoisotopic (exact) mass is 914 g/mol. The molecule has 3 fully saturated rings. The van der Waals surface area contributed by atoms with Gasteiger partial charge in [0.2, 0.25) is 0 Å². The minimum Gasteiger partial charge on any atom is -0.462 e. The van der Waals surface area contributed by atoms with Gasteiger partial charge in [-0.05, 0) is 73.5 Å². The first-order chi connectivity index (χ1) is 30.1. The summed E-state index contributed by atoms with van der Waals surface area (Å²) in [5, 5.41) is 45.6. The van der Waals surface area contributed by atoms with Gasteiger partial charge in [0, 0.05) is 50.7 Å². The van der Waals surface area contributed by atoms with Gasteiger partial charge in [-0.15, -0.1) is 0 Å². The first-order valence-electron chi connectivity index (χ1n) is 23.0. The van der Waals surface area contributed by atoms with Crippen LogP contribution in [0, 0.1) is 29.6 Å². The van der Waals surface area contributed by atoms with Crippen LogP contribution in [0.1, 0.15) is 94.4 Å². The second-order valence-electron chi connectivity index (χ2n) is 19.1. The molecule has 0 saturated carbocycles. The summed E-state index contributed by atoms with van der Waals surface area (Å²) >= 11 is 0. The maximum absolute atomic E-state index is 13.8. The Bertz CT molecular complexity index is 1560. The summed E-state index contributed by atoms with van der Waals surface area (Å²) in [6.07, 6.45) is -6.05. The molecule has 0 aromatic carbocycles. The maximum Gasteiger partial charge on any atom is 0.308 e. The third-order valence-electron chi connectivity index (χ3n) is 14.0. The number of nitrogens with zero attached hydrogens (tertiary/aromatic N) is 1. The molecule has 0 spiro atoms. The number of likely N-dealkylation sites (N-methyl/N-ethyl adjacent to an activating group) is 1. The molecule has 21 atom stereocenters. The van der Waals surface area contributed by atoms with E-state index in [4.69, 9.17) is 42.6 Å². The van der Waals surface area contributed by atoms with Crippen LogP contribution in [0.15, 0.2) is 23.8 Å². The highest BCUT2D eigenvalue weighted by Crippen LogP contribution is 2.39. The number of carbonyl (C=O) groups is 3. The van der Waals surface area contributed by atoms with Crippen LogP contribution in [0.5, 0.6) is 0 Å². The van der Waals surface area contributed by atoms with E-state index >= 15 is 0 Å². The largest absolute Gasteiger partial charge is 0.462 e. The van der Waals surface area contributed by atoms with Crippen molar-refractivity contribution < 1.29 is 77.4 Å². The van der Waals surface area contributed by atoms with Gasteiger partial charge in [-0.1, -0.05) is 45.4 Å². The van der Waals surface area contributed by atoms with Gasteiger partial charge in [-0.3, -0.25) is 9.59 Å². The third-order valence-corrected chi connectivity index (χ3v) is 14.0. The number of ether oxygens (including phenoxy) is 9. The van der Waals surface area contributed by atoms with E-state index in [9.17, 15) is 34.8 Å². The Labute approximate surface area is 380 Å². The highest BCUT2D eigenvalue weighted by atomic mass is 16.7. The van der Waals surface area contributed by atoms with E-state index in [0.717, 1.165) is 6.29 Å². The second kappa shape index (κ2) is 24.2. The quantitative estimate of drug-likeness (QED) is 0.154. The first kappa shape index (κ1) is 54.4. The molecular weight excluding hydrogens is 835 g/mol. The zero-order valence-corrected chi connectivity index (χ0v) is 40.2. The molecule has 0 aliphatic carbocycles. The molecule has 64 heavy (non-hydrogen) atoms. The third kappa shape index (κ3) is 13.5. The van der Waals surface area contributed by atoms with Crippen molar-refractivity contribution in [2.75, 3.05) is 34.9 Å². The molecule has 0 bridgehead atoms. The number of rotatable bonds is 13. The molecule has 4 rings (SSSR count). The average Bonchev–Trinajstić information content (AvgIpc) is 3.23. The van der Waals surface area contributed by atoms with Crippen LogP contribution in [0.2, 0.25) is 0 Å². The van der Waals surface area contributed by atoms with Crippen LogP contribution < -0.4 is 0 Å². The Balaban J connectivity index is 1.62. The fourth-order valence-electron chi connectivity index (χ4n) is 9.62. The summed E-state index contributed by atoms with van der Waals surface area (Å²) in [6.45, 7) is 16.2. The number of allylic oxidation sites excluding steroid dienone is 3. The molecule has 0 radical (unpaired) electrons. The Hall–Kier alpha value is -2.23. The van der Waals surface area contributed by atoms with Crippen molar-refractivity contribution in [3.63, 3.8) is 0 Å². The predicted octanol–water partition coefficient (Wildman–Crippen LogP) is 3.11. The van der Waals surface area contributed by atoms with Gasteiger partial charge in [-0.2, -0.15) is 0 Å². The van der Waals surface area contributed by atoms with Gasteiger partial charge in [0.15, 0.2) is 24.7 Å². The van der Waals surface area contributed by atoms with Crippen LogP contribution >= 0.6 is 0 Å². The minimum absolute atomic E-state index is 0.00212. The van der Waals surface area contributed by atoms with E-state index in [0.29, 0.717) is 12.0 Å². The Kier molecular flexibility index (Phi) is 20.5. The lowest BCUT2D eigenvalue weighted by atomic mass is 9.79. The Morgan fingerprint density at radius 2 is 1.52 bits per heavy atom. The van der Waals surface area contributed by atoms with Crippen molar-refractivity contribution in [1.82, 2.24) is 4.90 Å². The molecule has 9 unspecified atom stereocenters. The van der Waals surface area contributed by atoms with Crippen molar-refractivity contribution in [2.24, 2.45) is 29.6 Å². The summed E-state index contributed by atoms with van der Waals surface area (Å²) in [4.78, 5) is 41.6. The molecule has 0 amide bonds. The highest BCUT2D eigenvalue weighted by molar-refractivity contribution is 5.91. The van der Waals surface area contributed by atoms with Crippen LogP contribution in [-0.4, -0.2) is 176 Å². The molecule has 0 aromatic rings. The summed E-state index contributed by atoms with van der Waals surface area (Å²) in [5.41, 5.74) is -0.351. The Morgan fingerprint density at radius 1 is 0.859 bits per heavy atom. The lowest BCUT2D eigenvalue weighted by Gasteiger charge is -2.50. The molecule has 4 heterocycles. The van der Waals surface area contributed by atoms with Crippen molar-refractivity contribution in [3.05, 3.63) is 23.8 Å². The smallest absolute Gasteiger partial charge is 0.308 e. The normalized spacial score (nSPS) is 45.9. The van der Waals surface area contributed by atoms with E-state index in [2.05, 4.69) is 0 Å². The topological polar surface area (TPSA) is 218 Å². The number of methoxy groups -OCH3 is 2. The number of esters is 1. The van der Waals surface area contributed by atoms with Crippen molar-refractivity contribution in [2.45, 2.75) is 192 Å². The fraction of sp³-hybridized carbons (Fsp3) is 0.851. The van der Waals surface area contributed by atoms with Crippen LogP contribution in [0.25, 0.3) is 0 Å². The van der Waals surface area contributed by atoms with Gasteiger partial charge in [0.1, 0.15) is 42.9 Å². The van der Waals surface area contributed by atoms with Crippen molar-refractivity contribution in [1.29, 1.82) is 0 Å². The van der Waals surface area contributed by atoms with Gasteiger partial charge >= 0.3 is 5.97 Å². The molecule has 0 aromatic heterocycles. The second-order valence-corrected chi connectivity index (χ2v) is 19.1. The van der Waals surface area contributed by atoms with Gasteiger partial charge < -0.3 is 72.8 Å². The minimum atomic E-state index is -1.34. The number of hydrogen-bond acceptors (Lipinski definition) is 17. The number of carbonyl (C=O) groups excluding carboxylic acids is 3. The first-order valence-corrected chi connectivity index (χ1v) is 23.0. The SMILES string of the molecule is CCC1OC(=O)C[C@@H](O)C(C)[C@@H](O[C@@H]2OC(C)[C@H](O[C@H]3CC(C)(O)[C@@H](C)C(C)O3)C(N(C)C)C2O)[C@@H](CC=O)C[C@@H](C)C(=O)/C=C/C(C)=C/[C@@H]1CO[C@@H]1OC(C)[C@H](O)[C@H](OC)C1OC. The fourth-order valence-corrected chi connectivity index (χ4v) is 9.62. The van der Waals surface area contributed by atoms with E-state index in [1.807, 2.05) is 33.8 Å². The zero-order valence-electron chi connectivity index (χ0n) is 40.2.